The van der Waals surface area contributed by atoms with Gasteiger partial charge in [0.1, 0.15) is 0 Å². The summed E-state index contributed by atoms with van der Waals surface area (Å²) in [5.74, 6) is -0.309. The zero-order chi connectivity index (χ0) is 8.85. The van der Waals surface area contributed by atoms with Gasteiger partial charge in [-0.05, 0) is 6.92 Å². The van der Waals surface area contributed by atoms with Crippen LogP contribution >= 0.6 is 0 Å². The molecule has 0 bridgehead atoms. The third-order valence-corrected chi connectivity index (χ3v) is 0.732. The Labute approximate surface area is 63.0 Å². The Morgan fingerprint density at radius 1 is 2.00 bits per heavy atom. The number of hydrogen-bond acceptors (Lipinski definition) is 4. The maximum atomic E-state index is 9.73. The lowest BCUT2D eigenvalue weighted by molar-refractivity contribution is -0.525. The summed E-state index contributed by atoms with van der Waals surface area (Å²) in [5.41, 5.74) is 6.65. The third-order valence-electron chi connectivity index (χ3n) is 0.732. The minimum absolute atomic E-state index is 0.0483. The molecule has 0 saturated carbocycles. The lowest BCUT2D eigenvalue weighted by atomic mass is 10.4. The van der Waals surface area contributed by atoms with Crippen LogP contribution in [0.5, 0.6) is 0 Å². The van der Waals surface area contributed by atoms with E-state index in [-0.39, 0.29) is 12.5 Å². The summed E-state index contributed by atoms with van der Waals surface area (Å²) in [6.07, 6.45) is -0.651. The van der Waals surface area contributed by atoms with Crippen molar-refractivity contribution in [2.75, 3.05) is 6.54 Å². The summed E-state index contributed by atoms with van der Waals surface area (Å²) in [5, 5.41) is 17.6. The van der Waals surface area contributed by atoms with E-state index in [4.69, 9.17) is 10.8 Å². The molecule has 0 aliphatic carbocycles. The Kier molecular flexibility index (Phi) is 3.89. The van der Waals surface area contributed by atoms with Crippen LogP contribution in [0.2, 0.25) is 0 Å². The zero-order valence-corrected chi connectivity index (χ0v) is 6.02. The van der Waals surface area contributed by atoms with Gasteiger partial charge in [0.15, 0.2) is 5.03 Å². The molecule has 0 fully saturated rings. The molecule has 0 aliphatic rings. The quantitative estimate of drug-likeness (QED) is 0.201. The summed E-state index contributed by atoms with van der Waals surface area (Å²) in [4.78, 5) is 13.2. The maximum absolute atomic E-state index is 9.73. The molecule has 4 N–H and O–H groups in total. The van der Waals surface area contributed by atoms with E-state index in [1.54, 1.807) is 5.43 Å². The number of aliphatic imine (C=N–C) groups is 1. The molecule has 0 aromatic rings. The molecule has 0 rings (SSSR count). The molecule has 7 nitrogen and oxygen atoms in total. The van der Waals surface area contributed by atoms with Crippen LogP contribution in [0.4, 0.5) is 0 Å². The second kappa shape index (κ2) is 4.45. The lowest BCUT2D eigenvalue weighted by Crippen LogP contribution is -2.36. The van der Waals surface area contributed by atoms with Gasteiger partial charge < -0.3 is 10.8 Å². The van der Waals surface area contributed by atoms with Gasteiger partial charge >= 0.3 is 0 Å². The molecule has 1 atom stereocenters. The van der Waals surface area contributed by atoms with Gasteiger partial charge in [0.2, 0.25) is 0 Å². The Morgan fingerprint density at radius 2 is 2.55 bits per heavy atom. The Balaban J connectivity index is 3.72. The van der Waals surface area contributed by atoms with E-state index in [0.29, 0.717) is 0 Å². The van der Waals surface area contributed by atoms with Gasteiger partial charge in [-0.3, -0.25) is 0 Å². The van der Waals surface area contributed by atoms with Crippen LogP contribution < -0.4 is 11.2 Å². The van der Waals surface area contributed by atoms with Gasteiger partial charge in [0.25, 0.3) is 5.96 Å². The molecule has 1 unspecified atom stereocenters. The van der Waals surface area contributed by atoms with Gasteiger partial charge in [-0.1, -0.05) is 5.43 Å². The number of nitrogens with zero attached hydrogens (tertiary/aromatic N) is 2. The van der Waals surface area contributed by atoms with Crippen LogP contribution in [0.15, 0.2) is 4.99 Å². The number of hydrogen-bond donors (Lipinski definition) is 3. The molecular weight excluding hydrogens is 152 g/mol. The predicted molar refractivity (Wildman–Crippen MR) is 38.3 cm³/mol. The number of nitrogens with one attached hydrogen (secondary N) is 1. The highest BCUT2D eigenvalue weighted by Gasteiger charge is 1.99. The standard InChI is InChI=1S/C4H10N4O3/c1-3(9)2-6-4(5)7-8(10)11/h3,9H,2H2,1H3,(H3,5,6,7). The fourth-order valence-electron chi connectivity index (χ4n) is 0.359. The maximum Gasteiger partial charge on any atom is 0.251 e. The van der Waals surface area contributed by atoms with Crippen molar-refractivity contribution in [3.8, 4) is 0 Å². The van der Waals surface area contributed by atoms with Gasteiger partial charge in [-0.15, -0.1) is 0 Å². The summed E-state index contributed by atoms with van der Waals surface area (Å²) >= 11 is 0. The van der Waals surface area contributed by atoms with Crippen molar-refractivity contribution in [1.82, 2.24) is 5.43 Å². The molecule has 64 valence electrons. The molecule has 0 heterocycles. The number of guanidine groups is 1. The molecular formula is C4H10N4O3. The molecule has 11 heavy (non-hydrogen) atoms. The first-order chi connectivity index (χ1) is 5.02. The zero-order valence-electron chi connectivity index (χ0n) is 6.02. The van der Waals surface area contributed by atoms with Crippen LogP contribution in [0.1, 0.15) is 6.92 Å². The number of rotatable bonds is 3. The largest absolute Gasteiger partial charge is 0.391 e. The highest BCUT2D eigenvalue weighted by atomic mass is 16.7. The average Bonchev–Trinajstić information content (AvgIpc) is 1.82. The highest BCUT2D eigenvalue weighted by Crippen LogP contribution is 1.79. The van der Waals surface area contributed by atoms with Crippen molar-refractivity contribution in [3.05, 3.63) is 10.1 Å². The van der Waals surface area contributed by atoms with Crippen molar-refractivity contribution in [3.63, 3.8) is 0 Å². The Bertz CT molecular complexity index is 167. The molecule has 0 radical (unpaired) electrons. The summed E-state index contributed by atoms with van der Waals surface area (Å²) in [7, 11) is 0. The molecule has 0 spiro atoms. The summed E-state index contributed by atoms with van der Waals surface area (Å²) in [6, 6.07) is 0. The summed E-state index contributed by atoms with van der Waals surface area (Å²) < 4.78 is 0. The van der Waals surface area contributed by atoms with E-state index < -0.39 is 11.1 Å². The fraction of sp³-hybridized carbons (Fsp3) is 0.750. The van der Waals surface area contributed by atoms with Crippen molar-refractivity contribution < 1.29 is 10.1 Å². The first-order valence-corrected chi connectivity index (χ1v) is 2.91. The van der Waals surface area contributed by atoms with Gasteiger partial charge in [0.05, 0.1) is 12.6 Å². The first-order valence-electron chi connectivity index (χ1n) is 2.91. The normalized spacial score (nSPS) is 14.2. The topological polar surface area (TPSA) is 114 Å². The van der Waals surface area contributed by atoms with Gasteiger partial charge in [-0.25, -0.2) is 15.1 Å². The minimum Gasteiger partial charge on any atom is -0.391 e. The Hall–Kier alpha value is -1.37. The fourth-order valence-corrected chi connectivity index (χ4v) is 0.359. The number of nitro groups is 1. The highest BCUT2D eigenvalue weighted by molar-refractivity contribution is 5.76. The smallest absolute Gasteiger partial charge is 0.251 e. The van der Waals surface area contributed by atoms with Crippen LogP contribution in [0.25, 0.3) is 0 Å². The molecule has 0 aromatic carbocycles. The number of nitrogens with two attached hydrogens (primary N) is 1. The van der Waals surface area contributed by atoms with E-state index in [9.17, 15) is 10.1 Å². The molecule has 0 aliphatic heterocycles. The van der Waals surface area contributed by atoms with Gasteiger partial charge in [-0.2, -0.15) is 0 Å². The third kappa shape index (κ3) is 6.52. The first kappa shape index (κ1) is 9.63. The van der Waals surface area contributed by atoms with Crippen LogP contribution in [-0.2, 0) is 0 Å². The number of aliphatic hydroxyl groups is 1. The molecule has 0 saturated heterocycles. The van der Waals surface area contributed by atoms with E-state index in [1.165, 1.54) is 6.92 Å². The second-order valence-corrected chi connectivity index (χ2v) is 1.94. The predicted octanol–water partition coefficient (Wildman–Crippen LogP) is -1.54. The monoisotopic (exact) mass is 162 g/mol. The lowest BCUT2D eigenvalue weighted by Gasteiger charge is -1.98. The molecule has 7 heteroatoms. The van der Waals surface area contributed by atoms with Crippen molar-refractivity contribution >= 4 is 5.96 Å². The Morgan fingerprint density at radius 3 is 2.91 bits per heavy atom. The van der Waals surface area contributed by atoms with E-state index in [1.807, 2.05) is 0 Å². The van der Waals surface area contributed by atoms with E-state index in [0.717, 1.165) is 0 Å². The van der Waals surface area contributed by atoms with Crippen molar-refractivity contribution in [2.45, 2.75) is 13.0 Å². The average molecular weight is 162 g/mol. The molecule has 0 aromatic heterocycles. The van der Waals surface area contributed by atoms with E-state index >= 15 is 0 Å². The van der Waals surface area contributed by atoms with Gasteiger partial charge in [0, 0.05) is 0 Å². The van der Waals surface area contributed by atoms with Crippen LogP contribution in [0.3, 0.4) is 0 Å². The molecule has 0 amide bonds. The minimum atomic E-state index is -0.819. The van der Waals surface area contributed by atoms with Crippen LogP contribution in [0, 0.1) is 10.1 Å². The number of aliphatic hydroxyl groups excluding tert-OH is 1. The second-order valence-electron chi connectivity index (χ2n) is 1.94. The van der Waals surface area contributed by atoms with Crippen molar-refractivity contribution in [1.29, 1.82) is 0 Å². The SMILES string of the molecule is CC(O)CN=C(N)N[N+](=O)[O-]. The summed E-state index contributed by atoms with van der Waals surface area (Å²) in [6.45, 7) is 1.55. The van der Waals surface area contributed by atoms with Crippen molar-refractivity contribution in [2.24, 2.45) is 10.7 Å². The van der Waals surface area contributed by atoms with Crippen LogP contribution in [-0.4, -0.2) is 28.7 Å². The number of hydrazine groups is 1. The van der Waals surface area contributed by atoms with E-state index in [2.05, 4.69) is 4.99 Å².